The second-order valence-corrected chi connectivity index (χ2v) is 5.30. The van der Waals surface area contributed by atoms with Gasteiger partial charge in [0.2, 0.25) is 5.91 Å². The number of carbonyl (C=O) groups is 1. The first-order valence-electron chi connectivity index (χ1n) is 6.23. The zero-order valence-electron chi connectivity index (χ0n) is 10.8. The van der Waals surface area contributed by atoms with E-state index in [1.54, 1.807) is 0 Å². The van der Waals surface area contributed by atoms with Crippen LogP contribution in [0.2, 0.25) is 0 Å². The molecule has 0 spiro atoms. The minimum atomic E-state index is 0.138. The van der Waals surface area contributed by atoms with Crippen molar-refractivity contribution in [2.45, 2.75) is 36.8 Å². The van der Waals surface area contributed by atoms with Gasteiger partial charge in [0.15, 0.2) is 0 Å². The highest BCUT2D eigenvalue weighted by atomic mass is 32.1. The summed E-state index contributed by atoms with van der Waals surface area (Å²) in [6.45, 7) is 2.77. The highest BCUT2D eigenvalue weighted by molar-refractivity contribution is 7.80. The lowest BCUT2D eigenvalue weighted by atomic mass is 10.1. The van der Waals surface area contributed by atoms with Crippen molar-refractivity contribution in [3.63, 3.8) is 0 Å². The van der Waals surface area contributed by atoms with Crippen molar-refractivity contribution in [1.82, 2.24) is 4.90 Å². The summed E-state index contributed by atoms with van der Waals surface area (Å²) in [5.41, 5.74) is 1.02. The number of amides is 1. The fourth-order valence-corrected chi connectivity index (χ4v) is 2.48. The molecule has 2 atom stereocenters. The maximum absolute atomic E-state index is 12.2. The largest absolute Gasteiger partial charge is 0.376 e. The molecule has 0 aliphatic carbocycles. The summed E-state index contributed by atoms with van der Waals surface area (Å²) in [5, 5.41) is 0. The number of likely N-dealkylation sites (N-methyl/N-ethyl adjacent to an activating group) is 1. The molecule has 4 heteroatoms. The third-order valence-electron chi connectivity index (χ3n) is 3.52. The lowest BCUT2D eigenvalue weighted by Crippen LogP contribution is -2.41. The Labute approximate surface area is 114 Å². The van der Waals surface area contributed by atoms with Crippen LogP contribution in [0.4, 0.5) is 0 Å². The Morgan fingerprint density at radius 3 is 2.67 bits per heavy atom. The lowest BCUT2D eigenvalue weighted by Gasteiger charge is -2.26. The fourth-order valence-electron chi connectivity index (χ4n) is 2.33. The molecule has 2 unspecified atom stereocenters. The molecule has 0 N–H and O–H groups in total. The maximum Gasteiger partial charge on any atom is 0.227 e. The standard InChI is InChI=1S/C14H19NO2S/c1-10-13(7-8-17-10)15(2)14(16)9-11-3-5-12(18)6-4-11/h3-6,10,13,18H,7-9H2,1-2H3. The van der Waals surface area contributed by atoms with Gasteiger partial charge in [-0.1, -0.05) is 12.1 Å². The first-order valence-corrected chi connectivity index (χ1v) is 6.68. The molecular formula is C14H19NO2S. The van der Waals surface area contributed by atoms with E-state index < -0.39 is 0 Å². The van der Waals surface area contributed by atoms with Crippen molar-refractivity contribution in [3.8, 4) is 0 Å². The van der Waals surface area contributed by atoms with Crippen LogP contribution in [0.15, 0.2) is 29.2 Å². The van der Waals surface area contributed by atoms with Crippen LogP contribution in [-0.2, 0) is 16.0 Å². The van der Waals surface area contributed by atoms with Crippen molar-refractivity contribution >= 4 is 18.5 Å². The Kier molecular flexibility index (Phi) is 4.30. The number of carbonyl (C=O) groups excluding carboxylic acids is 1. The van der Waals surface area contributed by atoms with Gasteiger partial charge in [-0.15, -0.1) is 12.6 Å². The second-order valence-electron chi connectivity index (χ2n) is 4.78. The van der Waals surface area contributed by atoms with E-state index in [1.807, 2.05) is 43.1 Å². The Morgan fingerprint density at radius 2 is 2.11 bits per heavy atom. The van der Waals surface area contributed by atoms with Crippen molar-refractivity contribution in [2.75, 3.05) is 13.7 Å². The quantitative estimate of drug-likeness (QED) is 0.849. The molecule has 1 aromatic carbocycles. The van der Waals surface area contributed by atoms with Crippen molar-refractivity contribution in [2.24, 2.45) is 0 Å². The molecule has 2 rings (SSSR count). The third kappa shape index (κ3) is 3.06. The number of thiol groups is 1. The van der Waals surface area contributed by atoms with E-state index >= 15 is 0 Å². The molecule has 98 valence electrons. The number of benzene rings is 1. The van der Waals surface area contributed by atoms with Gasteiger partial charge in [-0.3, -0.25) is 4.79 Å². The van der Waals surface area contributed by atoms with Gasteiger partial charge in [0.1, 0.15) is 0 Å². The summed E-state index contributed by atoms with van der Waals surface area (Å²) in [6, 6.07) is 7.92. The molecule has 18 heavy (non-hydrogen) atoms. The second kappa shape index (κ2) is 5.76. The van der Waals surface area contributed by atoms with E-state index in [0.717, 1.165) is 23.5 Å². The van der Waals surface area contributed by atoms with Crippen molar-refractivity contribution < 1.29 is 9.53 Å². The first kappa shape index (κ1) is 13.4. The van der Waals surface area contributed by atoms with Crippen LogP contribution in [0.1, 0.15) is 18.9 Å². The topological polar surface area (TPSA) is 29.5 Å². The predicted octanol–water partition coefficient (Wildman–Crippen LogP) is 2.15. The van der Waals surface area contributed by atoms with Crippen LogP contribution in [0, 0.1) is 0 Å². The van der Waals surface area contributed by atoms with E-state index in [0.29, 0.717) is 6.42 Å². The third-order valence-corrected chi connectivity index (χ3v) is 3.82. The molecular weight excluding hydrogens is 246 g/mol. The van der Waals surface area contributed by atoms with E-state index in [2.05, 4.69) is 12.6 Å². The maximum atomic E-state index is 12.2. The van der Waals surface area contributed by atoms with Gasteiger partial charge in [0.25, 0.3) is 0 Å². The van der Waals surface area contributed by atoms with Crippen LogP contribution in [0.25, 0.3) is 0 Å². The fraction of sp³-hybridized carbons (Fsp3) is 0.500. The molecule has 1 aliphatic rings. The zero-order chi connectivity index (χ0) is 13.1. The molecule has 1 aliphatic heterocycles. The molecule has 0 bridgehead atoms. The molecule has 0 radical (unpaired) electrons. The van der Waals surface area contributed by atoms with E-state index in [4.69, 9.17) is 4.74 Å². The molecule has 0 aromatic heterocycles. The first-order chi connectivity index (χ1) is 8.58. The zero-order valence-corrected chi connectivity index (χ0v) is 11.7. The predicted molar refractivity (Wildman–Crippen MR) is 74.0 cm³/mol. The summed E-state index contributed by atoms with van der Waals surface area (Å²) in [6.07, 6.45) is 1.51. The SMILES string of the molecule is CC1OCCC1N(C)C(=O)Cc1ccc(S)cc1. The van der Waals surface area contributed by atoms with Gasteiger partial charge < -0.3 is 9.64 Å². The lowest BCUT2D eigenvalue weighted by molar-refractivity contribution is -0.132. The molecule has 1 fully saturated rings. The normalized spacial score (nSPS) is 23.1. The summed E-state index contributed by atoms with van der Waals surface area (Å²) in [7, 11) is 1.87. The van der Waals surface area contributed by atoms with Gasteiger partial charge in [0.05, 0.1) is 18.6 Å². The average molecular weight is 265 g/mol. The molecule has 3 nitrogen and oxygen atoms in total. The summed E-state index contributed by atoms with van der Waals surface area (Å²) >= 11 is 4.23. The smallest absolute Gasteiger partial charge is 0.227 e. The molecule has 0 saturated carbocycles. The van der Waals surface area contributed by atoms with Gasteiger partial charge in [-0.05, 0) is 31.0 Å². The van der Waals surface area contributed by atoms with E-state index in [9.17, 15) is 4.79 Å². The Hall–Kier alpha value is -1.00. The minimum Gasteiger partial charge on any atom is -0.376 e. The summed E-state index contributed by atoms with van der Waals surface area (Å²) in [5.74, 6) is 0.143. The highest BCUT2D eigenvalue weighted by Gasteiger charge is 2.30. The number of hydrogen-bond donors (Lipinski definition) is 1. The van der Waals surface area contributed by atoms with Gasteiger partial charge in [-0.25, -0.2) is 0 Å². The summed E-state index contributed by atoms with van der Waals surface area (Å²) < 4.78 is 5.50. The van der Waals surface area contributed by atoms with Crippen LogP contribution < -0.4 is 0 Å². The van der Waals surface area contributed by atoms with Crippen LogP contribution in [-0.4, -0.2) is 36.6 Å². The van der Waals surface area contributed by atoms with Crippen molar-refractivity contribution in [3.05, 3.63) is 29.8 Å². The number of hydrogen-bond acceptors (Lipinski definition) is 3. The highest BCUT2D eigenvalue weighted by Crippen LogP contribution is 2.19. The number of ether oxygens (including phenoxy) is 1. The van der Waals surface area contributed by atoms with Gasteiger partial charge >= 0.3 is 0 Å². The number of rotatable bonds is 3. The molecule has 1 heterocycles. The van der Waals surface area contributed by atoms with Crippen LogP contribution in [0.3, 0.4) is 0 Å². The number of nitrogens with zero attached hydrogens (tertiary/aromatic N) is 1. The van der Waals surface area contributed by atoms with E-state index in [-0.39, 0.29) is 18.1 Å². The minimum absolute atomic E-state index is 0.138. The molecule has 1 aromatic rings. The Morgan fingerprint density at radius 1 is 1.44 bits per heavy atom. The monoisotopic (exact) mass is 265 g/mol. The van der Waals surface area contributed by atoms with Crippen LogP contribution >= 0.6 is 12.6 Å². The molecule has 1 amide bonds. The molecule has 1 saturated heterocycles. The summed E-state index contributed by atoms with van der Waals surface area (Å²) in [4.78, 5) is 14.9. The van der Waals surface area contributed by atoms with Gasteiger partial charge in [0, 0.05) is 18.6 Å². The van der Waals surface area contributed by atoms with E-state index in [1.165, 1.54) is 0 Å². The Bertz CT molecular complexity index is 418. The average Bonchev–Trinajstić information content (AvgIpc) is 2.77. The Balaban J connectivity index is 1.97. The van der Waals surface area contributed by atoms with Crippen LogP contribution in [0.5, 0.6) is 0 Å². The van der Waals surface area contributed by atoms with Crippen molar-refractivity contribution in [1.29, 1.82) is 0 Å². The van der Waals surface area contributed by atoms with Gasteiger partial charge in [-0.2, -0.15) is 0 Å².